The molecule has 0 saturated heterocycles. The summed E-state index contributed by atoms with van der Waals surface area (Å²) in [5.74, 6) is 0.631. The van der Waals surface area contributed by atoms with Crippen molar-refractivity contribution in [3.63, 3.8) is 0 Å². The third-order valence-corrected chi connectivity index (χ3v) is 5.07. The molecule has 0 saturated carbocycles. The summed E-state index contributed by atoms with van der Waals surface area (Å²) in [4.78, 5) is 4.42. The third kappa shape index (κ3) is 3.37. The Kier molecular flexibility index (Phi) is 4.39. The van der Waals surface area contributed by atoms with E-state index in [0.29, 0.717) is 17.3 Å². The zero-order chi connectivity index (χ0) is 17.4. The van der Waals surface area contributed by atoms with Gasteiger partial charge in [0.2, 0.25) is 0 Å². The first kappa shape index (κ1) is 16.4. The fourth-order valence-corrected chi connectivity index (χ4v) is 3.69. The van der Waals surface area contributed by atoms with Crippen LogP contribution < -0.4 is 5.73 Å². The van der Waals surface area contributed by atoms with Gasteiger partial charge in [0.1, 0.15) is 5.82 Å². The highest BCUT2D eigenvalue weighted by Crippen LogP contribution is 2.31. The fraction of sp³-hybridized carbons (Fsp3) is 0.263. The second-order valence-electron chi connectivity index (χ2n) is 6.34. The minimum atomic E-state index is -0.280. The molecule has 4 rings (SSSR count). The lowest BCUT2D eigenvalue weighted by Gasteiger charge is -2.22. The number of nitrogens with zero attached hydrogens (tertiary/aromatic N) is 2. The number of rotatable bonds is 3. The quantitative estimate of drug-likeness (QED) is 0.698. The Bertz CT molecular complexity index is 925. The minimum absolute atomic E-state index is 0.107. The van der Waals surface area contributed by atoms with Gasteiger partial charge in [-0.2, -0.15) is 4.98 Å². The molecule has 0 spiro atoms. The van der Waals surface area contributed by atoms with E-state index < -0.39 is 0 Å². The number of fused-ring (bicyclic) bond motifs is 1. The zero-order valence-electron chi connectivity index (χ0n) is 13.5. The predicted octanol–water partition coefficient (Wildman–Crippen LogP) is 4.57. The Balaban J connectivity index is 1.60. The molecule has 3 aromatic rings. The SMILES string of the molecule is NC1CCCc2cc(-c3nc(Cc4cc(Br)ccc4F)no3)ccc21. The average molecular weight is 402 g/mol. The lowest BCUT2D eigenvalue weighted by atomic mass is 9.87. The summed E-state index contributed by atoms with van der Waals surface area (Å²) in [5.41, 5.74) is 10.0. The van der Waals surface area contributed by atoms with E-state index in [1.807, 2.05) is 12.1 Å². The van der Waals surface area contributed by atoms with Gasteiger partial charge in [-0.3, -0.25) is 0 Å². The molecule has 2 N–H and O–H groups in total. The molecule has 128 valence electrons. The molecular formula is C19H17BrFN3O. The molecule has 1 aliphatic rings. The van der Waals surface area contributed by atoms with Crippen LogP contribution in [-0.2, 0) is 12.8 Å². The van der Waals surface area contributed by atoms with Gasteiger partial charge in [-0.1, -0.05) is 27.2 Å². The normalized spacial score (nSPS) is 16.7. The van der Waals surface area contributed by atoms with Crippen LogP contribution >= 0.6 is 15.9 Å². The number of aromatic nitrogens is 2. The van der Waals surface area contributed by atoms with E-state index in [2.05, 4.69) is 32.1 Å². The minimum Gasteiger partial charge on any atom is -0.334 e. The summed E-state index contributed by atoms with van der Waals surface area (Å²) in [5, 5.41) is 3.99. The van der Waals surface area contributed by atoms with Gasteiger partial charge >= 0.3 is 0 Å². The van der Waals surface area contributed by atoms with Gasteiger partial charge in [0.05, 0.1) is 0 Å². The highest BCUT2D eigenvalue weighted by Gasteiger charge is 2.19. The van der Waals surface area contributed by atoms with E-state index in [-0.39, 0.29) is 18.3 Å². The molecule has 0 amide bonds. The Hall–Kier alpha value is -2.05. The van der Waals surface area contributed by atoms with Gasteiger partial charge in [-0.25, -0.2) is 4.39 Å². The van der Waals surface area contributed by atoms with Crippen molar-refractivity contribution in [1.29, 1.82) is 0 Å². The highest BCUT2D eigenvalue weighted by atomic mass is 79.9. The van der Waals surface area contributed by atoms with Crippen molar-refractivity contribution in [3.8, 4) is 11.5 Å². The lowest BCUT2D eigenvalue weighted by Crippen LogP contribution is -2.17. The van der Waals surface area contributed by atoms with Crippen molar-refractivity contribution in [2.45, 2.75) is 31.7 Å². The van der Waals surface area contributed by atoms with Crippen LogP contribution in [0.2, 0.25) is 0 Å². The van der Waals surface area contributed by atoms with Crippen LogP contribution in [0.25, 0.3) is 11.5 Å². The maximum Gasteiger partial charge on any atom is 0.257 e. The first-order valence-electron chi connectivity index (χ1n) is 8.25. The molecule has 1 aliphatic carbocycles. The maximum atomic E-state index is 13.9. The van der Waals surface area contributed by atoms with E-state index in [4.69, 9.17) is 10.3 Å². The molecule has 1 atom stereocenters. The molecular weight excluding hydrogens is 385 g/mol. The van der Waals surface area contributed by atoms with Crippen LogP contribution in [0.4, 0.5) is 4.39 Å². The van der Waals surface area contributed by atoms with Crippen molar-refractivity contribution in [1.82, 2.24) is 10.1 Å². The molecule has 1 aromatic heterocycles. The van der Waals surface area contributed by atoms with Gasteiger partial charge in [0.25, 0.3) is 5.89 Å². The van der Waals surface area contributed by atoms with Gasteiger partial charge in [0.15, 0.2) is 5.82 Å². The van der Waals surface area contributed by atoms with Gasteiger partial charge in [-0.05, 0) is 66.3 Å². The molecule has 0 radical (unpaired) electrons. The van der Waals surface area contributed by atoms with Crippen LogP contribution in [0.15, 0.2) is 45.4 Å². The first-order chi connectivity index (χ1) is 12.1. The van der Waals surface area contributed by atoms with Crippen molar-refractivity contribution < 1.29 is 8.91 Å². The molecule has 0 bridgehead atoms. The van der Waals surface area contributed by atoms with Crippen molar-refractivity contribution in [2.24, 2.45) is 5.73 Å². The summed E-state index contributed by atoms with van der Waals surface area (Å²) in [6.45, 7) is 0. The Morgan fingerprint density at radius 3 is 3.00 bits per heavy atom. The number of halogens is 2. The van der Waals surface area contributed by atoms with Crippen LogP contribution in [0.3, 0.4) is 0 Å². The maximum absolute atomic E-state index is 13.9. The summed E-state index contributed by atoms with van der Waals surface area (Å²) < 4.78 is 20.1. The van der Waals surface area contributed by atoms with Crippen molar-refractivity contribution in [2.75, 3.05) is 0 Å². The summed E-state index contributed by atoms with van der Waals surface area (Å²) in [7, 11) is 0. The fourth-order valence-electron chi connectivity index (χ4n) is 3.28. The number of aryl methyl sites for hydroxylation is 1. The molecule has 0 aliphatic heterocycles. The Labute approximate surface area is 153 Å². The lowest BCUT2D eigenvalue weighted by molar-refractivity contribution is 0.423. The average Bonchev–Trinajstić information content (AvgIpc) is 3.07. The van der Waals surface area contributed by atoms with E-state index in [0.717, 1.165) is 29.3 Å². The standard InChI is InChI=1S/C19H17BrFN3O/c20-14-5-7-16(21)13(9-14)10-18-23-19(25-24-18)12-4-6-15-11(8-12)2-1-3-17(15)22/h4-9,17H,1-3,10,22H2. The highest BCUT2D eigenvalue weighted by molar-refractivity contribution is 9.10. The molecule has 2 aromatic carbocycles. The number of benzene rings is 2. The summed E-state index contributed by atoms with van der Waals surface area (Å²) in [6, 6.07) is 11.0. The van der Waals surface area contributed by atoms with Crippen LogP contribution in [0.1, 0.15) is 41.4 Å². The van der Waals surface area contributed by atoms with Crippen LogP contribution in [0.5, 0.6) is 0 Å². The number of nitrogens with two attached hydrogens (primary N) is 1. The topological polar surface area (TPSA) is 64.9 Å². The van der Waals surface area contributed by atoms with Gasteiger partial charge in [0, 0.05) is 22.5 Å². The molecule has 1 unspecified atom stereocenters. The van der Waals surface area contributed by atoms with Crippen LogP contribution in [0, 0.1) is 5.82 Å². The first-order valence-corrected chi connectivity index (χ1v) is 9.05. The van der Waals surface area contributed by atoms with Gasteiger partial charge < -0.3 is 10.3 Å². The third-order valence-electron chi connectivity index (χ3n) is 4.58. The Morgan fingerprint density at radius 2 is 2.12 bits per heavy atom. The van der Waals surface area contributed by atoms with E-state index in [1.165, 1.54) is 17.2 Å². The second kappa shape index (κ2) is 6.69. The largest absolute Gasteiger partial charge is 0.334 e. The Morgan fingerprint density at radius 1 is 1.24 bits per heavy atom. The van der Waals surface area contributed by atoms with Crippen molar-refractivity contribution >= 4 is 15.9 Å². The van der Waals surface area contributed by atoms with Crippen LogP contribution in [-0.4, -0.2) is 10.1 Å². The van der Waals surface area contributed by atoms with Gasteiger partial charge in [-0.15, -0.1) is 0 Å². The number of hydrogen-bond acceptors (Lipinski definition) is 4. The second-order valence-corrected chi connectivity index (χ2v) is 7.26. The monoisotopic (exact) mass is 401 g/mol. The smallest absolute Gasteiger partial charge is 0.257 e. The predicted molar refractivity (Wildman–Crippen MR) is 96.5 cm³/mol. The van der Waals surface area contributed by atoms with E-state index in [1.54, 1.807) is 12.1 Å². The zero-order valence-corrected chi connectivity index (χ0v) is 15.1. The summed E-state index contributed by atoms with van der Waals surface area (Å²) >= 11 is 3.35. The molecule has 0 fully saturated rings. The van der Waals surface area contributed by atoms with E-state index >= 15 is 0 Å². The molecule has 4 nitrogen and oxygen atoms in total. The molecule has 1 heterocycles. The summed E-state index contributed by atoms with van der Waals surface area (Å²) in [6.07, 6.45) is 3.41. The molecule has 6 heteroatoms. The number of hydrogen-bond donors (Lipinski definition) is 1. The molecule has 25 heavy (non-hydrogen) atoms. The van der Waals surface area contributed by atoms with E-state index in [9.17, 15) is 4.39 Å². The van der Waals surface area contributed by atoms with Crippen molar-refractivity contribution in [3.05, 3.63) is 69.2 Å².